The molecule has 22 heavy (non-hydrogen) atoms. The predicted molar refractivity (Wildman–Crippen MR) is 95.2 cm³/mol. The van der Waals surface area contributed by atoms with Crippen molar-refractivity contribution < 1.29 is 4.74 Å². The summed E-state index contributed by atoms with van der Waals surface area (Å²) in [4.78, 5) is 2.22. The third kappa shape index (κ3) is 3.22. The Balaban J connectivity index is 1.79. The average Bonchev–Trinajstić information content (AvgIpc) is 2.60. The number of allylic oxidation sites excluding steroid dienone is 2. The minimum Gasteiger partial charge on any atom is -0.490 e. The monoisotopic (exact) mass is 314 g/mol. The Hall–Kier alpha value is -1.68. The first-order chi connectivity index (χ1) is 10.8. The maximum absolute atomic E-state index is 5.98. The lowest BCUT2D eigenvalue weighted by molar-refractivity contribution is 0.193. The summed E-state index contributed by atoms with van der Waals surface area (Å²) in [7, 11) is 0. The first-order valence-electron chi connectivity index (χ1n) is 7.94. The molecule has 3 rings (SSSR count). The summed E-state index contributed by atoms with van der Waals surface area (Å²) >= 11 is 1.64. The molecule has 2 aliphatic heterocycles. The number of ether oxygens (including phenoxy) is 1. The van der Waals surface area contributed by atoms with Crippen LogP contribution in [0.3, 0.4) is 0 Å². The minimum absolute atomic E-state index is 0.303. The van der Waals surface area contributed by atoms with E-state index in [1.54, 1.807) is 11.9 Å². The van der Waals surface area contributed by atoms with Gasteiger partial charge >= 0.3 is 0 Å². The Bertz CT molecular complexity index is 600. The SMILES string of the molecule is CCC(CC)Oc1ccc(C2=CC=CN3CCSN=C23)cc1. The van der Waals surface area contributed by atoms with Crippen molar-refractivity contribution in [2.24, 2.45) is 4.40 Å². The van der Waals surface area contributed by atoms with Gasteiger partial charge in [0.05, 0.1) is 6.10 Å². The molecule has 0 aromatic heterocycles. The molecule has 4 heteroatoms. The molecule has 3 nitrogen and oxygen atoms in total. The van der Waals surface area contributed by atoms with Crippen molar-refractivity contribution in [1.29, 1.82) is 0 Å². The number of amidine groups is 1. The molecule has 0 unspecified atom stereocenters. The Morgan fingerprint density at radius 2 is 2.00 bits per heavy atom. The fraction of sp³-hybridized carbons (Fsp3) is 0.389. The lowest BCUT2D eigenvalue weighted by Gasteiger charge is -2.29. The van der Waals surface area contributed by atoms with Crippen LogP contribution in [-0.2, 0) is 0 Å². The molecule has 0 aliphatic carbocycles. The van der Waals surface area contributed by atoms with Crippen LogP contribution in [0.15, 0.2) is 47.0 Å². The van der Waals surface area contributed by atoms with E-state index in [0.717, 1.165) is 36.7 Å². The lowest BCUT2D eigenvalue weighted by Crippen LogP contribution is -2.32. The van der Waals surface area contributed by atoms with E-state index < -0.39 is 0 Å². The average molecular weight is 314 g/mol. The summed E-state index contributed by atoms with van der Waals surface area (Å²) in [6.45, 7) is 5.34. The first kappa shape index (κ1) is 15.2. The zero-order valence-corrected chi connectivity index (χ0v) is 14.0. The van der Waals surface area contributed by atoms with Crippen LogP contribution in [0.2, 0.25) is 0 Å². The standard InChI is InChI=1S/C18H22N2OS/c1-3-15(4-2)21-16-9-7-14(8-10-16)17-6-5-11-20-12-13-22-19-18(17)20/h5-11,15H,3-4,12-13H2,1-2H3. The molecule has 0 bridgehead atoms. The zero-order chi connectivity index (χ0) is 15.4. The van der Waals surface area contributed by atoms with Crippen molar-refractivity contribution >= 4 is 23.4 Å². The molecule has 0 N–H and O–H groups in total. The maximum Gasteiger partial charge on any atom is 0.148 e. The van der Waals surface area contributed by atoms with Crippen molar-refractivity contribution in [2.45, 2.75) is 32.8 Å². The molecular weight excluding hydrogens is 292 g/mol. The molecular formula is C18H22N2OS. The molecule has 0 fully saturated rings. The van der Waals surface area contributed by atoms with Gasteiger partial charge < -0.3 is 9.64 Å². The Kier molecular flexibility index (Phi) is 4.88. The molecule has 0 atom stereocenters. The van der Waals surface area contributed by atoms with E-state index >= 15 is 0 Å². The largest absolute Gasteiger partial charge is 0.490 e. The smallest absolute Gasteiger partial charge is 0.148 e. The highest BCUT2D eigenvalue weighted by Gasteiger charge is 2.21. The van der Waals surface area contributed by atoms with Crippen molar-refractivity contribution in [3.05, 3.63) is 48.2 Å². The van der Waals surface area contributed by atoms with E-state index in [4.69, 9.17) is 4.74 Å². The highest BCUT2D eigenvalue weighted by Crippen LogP contribution is 2.28. The van der Waals surface area contributed by atoms with Crippen LogP contribution in [0.5, 0.6) is 5.75 Å². The number of fused-ring (bicyclic) bond motifs is 1. The van der Waals surface area contributed by atoms with Gasteiger partial charge in [0.1, 0.15) is 11.6 Å². The van der Waals surface area contributed by atoms with Gasteiger partial charge in [0.25, 0.3) is 0 Å². The van der Waals surface area contributed by atoms with E-state index in [-0.39, 0.29) is 0 Å². The maximum atomic E-state index is 5.98. The van der Waals surface area contributed by atoms with Gasteiger partial charge in [-0.3, -0.25) is 0 Å². The van der Waals surface area contributed by atoms with E-state index in [9.17, 15) is 0 Å². The van der Waals surface area contributed by atoms with Crippen molar-refractivity contribution in [3.63, 3.8) is 0 Å². The Morgan fingerprint density at radius 1 is 1.23 bits per heavy atom. The van der Waals surface area contributed by atoms with E-state index in [1.807, 2.05) is 0 Å². The number of nitrogens with zero attached hydrogens (tertiary/aromatic N) is 2. The summed E-state index contributed by atoms with van der Waals surface area (Å²) in [6, 6.07) is 8.38. The van der Waals surface area contributed by atoms with Crippen molar-refractivity contribution in [3.8, 4) is 5.75 Å². The second-order valence-corrected chi connectivity index (χ2v) is 6.29. The van der Waals surface area contributed by atoms with E-state index in [2.05, 4.69) is 65.8 Å². The second kappa shape index (κ2) is 7.05. The van der Waals surface area contributed by atoms with Crippen LogP contribution >= 0.6 is 11.9 Å². The summed E-state index contributed by atoms with van der Waals surface area (Å²) in [6.07, 6.45) is 8.72. The van der Waals surface area contributed by atoms with Gasteiger partial charge in [0, 0.05) is 24.1 Å². The highest BCUT2D eigenvalue weighted by atomic mass is 32.2. The molecule has 0 radical (unpaired) electrons. The summed E-state index contributed by atoms with van der Waals surface area (Å²) in [5.41, 5.74) is 2.37. The van der Waals surface area contributed by atoms with Gasteiger partial charge in [0.15, 0.2) is 0 Å². The molecule has 0 saturated heterocycles. The number of benzene rings is 1. The molecule has 1 aromatic carbocycles. The van der Waals surface area contributed by atoms with E-state index in [1.165, 1.54) is 11.1 Å². The fourth-order valence-corrected chi connectivity index (χ4v) is 3.35. The topological polar surface area (TPSA) is 24.8 Å². The zero-order valence-electron chi connectivity index (χ0n) is 13.2. The van der Waals surface area contributed by atoms with Crippen LogP contribution in [0.25, 0.3) is 5.57 Å². The molecule has 116 valence electrons. The predicted octanol–water partition coefficient (Wildman–Crippen LogP) is 4.53. The minimum atomic E-state index is 0.303. The van der Waals surface area contributed by atoms with Gasteiger partial charge in [-0.25, -0.2) is 0 Å². The van der Waals surface area contributed by atoms with Crippen molar-refractivity contribution in [2.75, 3.05) is 12.3 Å². The molecule has 0 saturated carbocycles. The van der Waals surface area contributed by atoms with Gasteiger partial charge in [-0.1, -0.05) is 26.0 Å². The van der Waals surface area contributed by atoms with Crippen LogP contribution in [-0.4, -0.2) is 29.1 Å². The van der Waals surface area contributed by atoms with Crippen LogP contribution in [0.1, 0.15) is 32.3 Å². The number of hydrogen-bond donors (Lipinski definition) is 0. The molecule has 1 aromatic rings. The van der Waals surface area contributed by atoms with Gasteiger partial charge in [0.2, 0.25) is 0 Å². The molecule has 2 aliphatic rings. The van der Waals surface area contributed by atoms with Crippen LogP contribution < -0.4 is 4.74 Å². The Morgan fingerprint density at radius 3 is 2.73 bits per heavy atom. The molecule has 2 heterocycles. The molecule has 0 spiro atoms. The van der Waals surface area contributed by atoms with Crippen molar-refractivity contribution in [1.82, 2.24) is 4.90 Å². The lowest BCUT2D eigenvalue weighted by atomic mass is 10.0. The van der Waals surface area contributed by atoms with Gasteiger partial charge in [-0.15, -0.1) is 0 Å². The van der Waals surface area contributed by atoms with E-state index in [0.29, 0.717) is 6.10 Å². The number of hydrogen-bond acceptors (Lipinski definition) is 4. The summed E-state index contributed by atoms with van der Waals surface area (Å²) in [5, 5.41) is 0. The normalized spacial score (nSPS) is 17.1. The number of rotatable bonds is 5. The first-order valence-corrected chi connectivity index (χ1v) is 8.88. The fourth-order valence-electron chi connectivity index (χ4n) is 2.66. The van der Waals surface area contributed by atoms with Gasteiger partial charge in [-0.2, -0.15) is 4.40 Å². The quantitative estimate of drug-likeness (QED) is 0.747. The van der Waals surface area contributed by atoms with Crippen LogP contribution in [0.4, 0.5) is 0 Å². The highest BCUT2D eigenvalue weighted by molar-refractivity contribution is 7.98. The third-order valence-electron chi connectivity index (χ3n) is 4.00. The second-order valence-electron chi connectivity index (χ2n) is 5.44. The molecule has 0 amide bonds. The van der Waals surface area contributed by atoms with Crippen LogP contribution in [0, 0.1) is 0 Å². The third-order valence-corrected chi connectivity index (χ3v) is 4.66. The summed E-state index contributed by atoms with van der Waals surface area (Å²) in [5.74, 6) is 3.05. The van der Waals surface area contributed by atoms with Gasteiger partial charge in [-0.05, 0) is 54.6 Å². The Labute approximate surface area is 136 Å². The summed E-state index contributed by atoms with van der Waals surface area (Å²) < 4.78 is 10.6.